The van der Waals surface area contributed by atoms with Gasteiger partial charge in [0.05, 0.1) is 12.1 Å². The van der Waals surface area contributed by atoms with Crippen LogP contribution in [0.4, 0.5) is 0 Å². The van der Waals surface area contributed by atoms with Crippen molar-refractivity contribution in [2.75, 3.05) is 33.2 Å². The number of rotatable bonds is 6. The zero-order valence-corrected chi connectivity index (χ0v) is 17.5. The van der Waals surface area contributed by atoms with E-state index in [1.165, 1.54) is 32.1 Å². The minimum absolute atomic E-state index is 0. The summed E-state index contributed by atoms with van der Waals surface area (Å²) in [6, 6.07) is 0.701. The molecule has 1 aromatic rings. The fourth-order valence-corrected chi connectivity index (χ4v) is 4.13. The molecule has 0 aromatic carbocycles. The number of carbonyl (C=O) groups is 1. The number of nitrogens with zero attached hydrogens (tertiary/aromatic N) is 3. The first kappa shape index (κ1) is 23.2. The Labute approximate surface area is 169 Å². The molecule has 1 saturated carbocycles. The number of likely N-dealkylation sites (N-methyl/N-ethyl adjacent to an activating group) is 1. The molecule has 1 amide bonds. The molecule has 0 unspecified atom stereocenters. The Morgan fingerprint density at radius 2 is 2.04 bits per heavy atom. The highest BCUT2D eigenvalue weighted by molar-refractivity contribution is 5.85. The molecule has 2 heterocycles. The molecule has 3 rings (SSSR count). The first-order chi connectivity index (χ1) is 11.6. The smallest absolute Gasteiger partial charge is 0.225 e. The van der Waals surface area contributed by atoms with Gasteiger partial charge in [0, 0.05) is 51.4 Å². The largest absolute Gasteiger partial charge is 0.355 e. The maximum Gasteiger partial charge on any atom is 0.225 e. The molecule has 1 aromatic heterocycles. The molecule has 0 spiro atoms. The molecule has 1 aliphatic heterocycles. The van der Waals surface area contributed by atoms with Crippen molar-refractivity contribution in [1.82, 2.24) is 25.3 Å². The Morgan fingerprint density at radius 3 is 2.69 bits per heavy atom. The molecule has 8 heteroatoms. The monoisotopic (exact) mass is 405 g/mol. The van der Waals surface area contributed by atoms with E-state index in [2.05, 4.69) is 27.7 Å². The maximum absolute atomic E-state index is 12.6. The maximum atomic E-state index is 12.6. The Balaban J connectivity index is 0.00000169. The Kier molecular flexibility index (Phi) is 9.93. The van der Waals surface area contributed by atoms with Gasteiger partial charge in [0.15, 0.2) is 0 Å². The number of carbonyl (C=O) groups excluding carboxylic acids is 1. The molecule has 0 radical (unpaired) electrons. The van der Waals surface area contributed by atoms with Crippen LogP contribution in [0.1, 0.15) is 43.6 Å². The lowest BCUT2D eigenvalue weighted by atomic mass is 9.90. The topological polar surface area (TPSA) is 62.2 Å². The standard InChI is InChI=1S/C18H31N5O.2ClH/c1-22(15-6-4-3-5-7-15)9-8-20-18(24)17-12-19-11-16(17)14-10-21-23(2)13-14;;/h10,13,15-17,19H,3-9,11-12H2,1-2H3,(H,20,24);2*1H/t16-,17+;;/m1../s1. The van der Waals surface area contributed by atoms with Gasteiger partial charge in [-0.3, -0.25) is 9.48 Å². The summed E-state index contributed by atoms with van der Waals surface area (Å²) in [7, 11) is 4.11. The van der Waals surface area contributed by atoms with Gasteiger partial charge in [0.2, 0.25) is 5.91 Å². The summed E-state index contributed by atoms with van der Waals surface area (Å²) in [5.41, 5.74) is 1.15. The third-order valence-electron chi connectivity index (χ3n) is 5.67. The average molecular weight is 406 g/mol. The van der Waals surface area contributed by atoms with Crippen LogP contribution in [0.2, 0.25) is 0 Å². The van der Waals surface area contributed by atoms with Crippen LogP contribution in [0.5, 0.6) is 0 Å². The summed E-state index contributed by atoms with van der Waals surface area (Å²) in [5, 5.41) is 10.7. The Hall–Kier alpha value is -0.820. The molecule has 2 atom stereocenters. The van der Waals surface area contributed by atoms with Gasteiger partial charge < -0.3 is 15.5 Å². The van der Waals surface area contributed by atoms with Crippen LogP contribution in [0.25, 0.3) is 0 Å². The van der Waals surface area contributed by atoms with Crippen LogP contribution in [0.3, 0.4) is 0 Å². The van der Waals surface area contributed by atoms with E-state index in [1.807, 2.05) is 24.1 Å². The van der Waals surface area contributed by atoms with E-state index in [1.54, 1.807) is 0 Å². The SMILES string of the molecule is CN(CCNC(=O)[C@H]1CNC[C@@H]1c1cnn(C)c1)C1CCCCC1.Cl.Cl. The first-order valence-corrected chi connectivity index (χ1v) is 9.32. The van der Waals surface area contributed by atoms with E-state index in [-0.39, 0.29) is 42.6 Å². The van der Waals surface area contributed by atoms with Crippen molar-refractivity contribution in [2.24, 2.45) is 13.0 Å². The van der Waals surface area contributed by atoms with Crippen molar-refractivity contribution in [3.63, 3.8) is 0 Å². The van der Waals surface area contributed by atoms with Gasteiger partial charge in [-0.15, -0.1) is 24.8 Å². The summed E-state index contributed by atoms with van der Waals surface area (Å²) >= 11 is 0. The Bertz CT molecular complexity index is 547. The molecule has 2 fully saturated rings. The van der Waals surface area contributed by atoms with Gasteiger partial charge >= 0.3 is 0 Å². The number of hydrogen-bond donors (Lipinski definition) is 2. The number of aryl methyl sites for hydroxylation is 1. The molecule has 150 valence electrons. The van der Waals surface area contributed by atoms with Gasteiger partial charge in [0.25, 0.3) is 0 Å². The first-order valence-electron chi connectivity index (χ1n) is 9.32. The molecular weight excluding hydrogens is 373 g/mol. The highest BCUT2D eigenvalue weighted by Crippen LogP contribution is 2.27. The van der Waals surface area contributed by atoms with Gasteiger partial charge in [-0.2, -0.15) is 5.10 Å². The van der Waals surface area contributed by atoms with Crippen LogP contribution in [0, 0.1) is 5.92 Å². The number of amides is 1. The van der Waals surface area contributed by atoms with Crippen LogP contribution in [0.15, 0.2) is 12.4 Å². The van der Waals surface area contributed by atoms with Crippen molar-refractivity contribution < 1.29 is 4.79 Å². The van der Waals surface area contributed by atoms with E-state index in [9.17, 15) is 4.79 Å². The number of halogens is 2. The molecule has 0 bridgehead atoms. The number of nitrogens with one attached hydrogen (secondary N) is 2. The fourth-order valence-electron chi connectivity index (χ4n) is 4.13. The van der Waals surface area contributed by atoms with E-state index < -0.39 is 0 Å². The van der Waals surface area contributed by atoms with E-state index in [0.717, 1.165) is 31.7 Å². The van der Waals surface area contributed by atoms with Crippen molar-refractivity contribution in [1.29, 1.82) is 0 Å². The second-order valence-electron chi connectivity index (χ2n) is 7.38. The fraction of sp³-hybridized carbons (Fsp3) is 0.778. The van der Waals surface area contributed by atoms with E-state index in [0.29, 0.717) is 6.04 Å². The molecule has 2 aliphatic rings. The van der Waals surface area contributed by atoms with Crippen molar-refractivity contribution in [3.8, 4) is 0 Å². The lowest BCUT2D eigenvalue weighted by molar-refractivity contribution is -0.124. The lowest BCUT2D eigenvalue weighted by Gasteiger charge is -2.31. The zero-order chi connectivity index (χ0) is 16.9. The summed E-state index contributed by atoms with van der Waals surface area (Å²) in [6.45, 7) is 3.28. The Morgan fingerprint density at radius 1 is 1.31 bits per heavy atom. The number of hydrogen-bond acceptors (Lipinski definition) is 4. The summed E-state index contributed by atoms with van der Waals surface area (Å²) < 4.78 is 1.81. The van der Waals surface area contributed by atoms with E-state index >= 15 is 0 Å². The van der Waals surface area contributed by atoms with Crippen LogP contribution in [-0.4, -0.2) is 59.9 Å². The predicted molar refractivity (Wildman–Crippen MR) is 109 cm³/mol. The van der Waals surface area contributed by atoms with Gasteiger partial charge in [0.1, 0.15) is 0 Å². The minimum Gasteiger partial charge on any atom is -0.355 e. The minimum atomic E-state index is 0. The second-order valence-corrected chi connectivity index (χ2v) is 7.38. The second kappa shape index (κ2) is 11.1. The van der Waals surface area contributed by atoms with Crippen molar-refractivity contribution in [2.45, 2.75) is 44.1 Å². The summed E-state index contributed by atoms with van der Waals surface area (Å²) in [5.74, 6) is 0.412. The highest BCUT2D eigenvalue weighted by Gasteiger charge is 2.34. The third-order valence-corrected chi connectivity index (χ3v) is 5.67. The third kappa shape index (κ3) is 5.84. The molecular formula is C18H33Cl2N5O. The molecule has 26 heavy (non-hydrogen) atoms. The van der Waals surface area contributed by atoms with Gasteiger partial charge in [-0.05, 0) is 25.5 Å². The van der Waals surface area contributed by atoms with Crippen LogP contribution >= 0.6 is 24.8 Å². The quantitative estimate of drug-likeness (QED) is 0.758. The lowest BCUT2D eigenvalue weighted by Crippen LogP contribution is -2.41. The van der Waals surface area contributed by atoms with Gasteiger partial charge in [-0.1, -0.05) is 19.3 Å². The van der Waals surface area contributed by atoms with Gasteiger partial charge in [-0.25, -0.2) is 0 Å². The molecule has 1 aliphatic carbocycles. The molecule has 6 nitrogen and oxygen atoms in total. The summed E-state index contributed by atoms with van der Waals surface area (Å²) in [6.07, 6.45) is 10.6. The van der Waals surface area contributed by atoms with Crippen LogP contribution < -0.4 is 10.6 Å². The van der Waals surface area contributed by atoms with Crippen molar-refractivity contribution >= 4 is 30.7 Å². The average Bonchev–Trinajstić information content (AvgIpc) is 3.24. The summed E-state index contributed by atoms with van der Waals surface area (Å²) in [4.78, 5) is 15.0. The number of aromatic nitrogens is 2. The van der Waals surface area contributed by atoms with E-state index in [4.69, 9.17) is 0 Å². The molecule has 2 N–H and O–H groups in total. The highest BCUT2D eigenvalue weighted by atomic mass is 35.5. The normalized spacial score (nSPS) is 23.3. The van der Waals surface area contributed by atoms with Crippen molar-refractivity contribution in [3.05, 3.63) is 18.0 Å². The molecule has 1 saturated heterocycles. The predicted octanol–water partition coefficient (Wildman–Crippen LogP) is 1.95. The zero-order valence-electron chi connectivity index (χ0n) is 15.8. The van der Waals surface area contributed by atoms with Crippen LogP contribution in [-0.2, 0) is 11.8 Å².